The van der Waals surface area contributed by atoms with Crippen molar-refractivity contribution in [3.63, 3.8) is 0 Å². The summed E-state index contributed by atoms with van der Waals surface area (Å²) in [6.07, 6.45) is 2.39. The van der Waals surface area contributed by atoms with Crippen LogP contribution in [0, 0.1) is 6.92 Å². The number of rotatable bonds is 2. The number of nitrogen functional groups attached to an aromatic ring is 1. The Balaban J connectivity index is 2.14. The van der Waals surface area contributed by atoms with E-state index in [9.17, 15) is 0 Å². The van der Waals surface area contributed by atoms with Crippen molar-refractivity contribution in [3.8, 4) is 11.4 Å². The molecule has 1 aliphatic carbocycles. The number of aryl methyl sites for hydroxylation is 1. The Hall–Kier alpha value is -1.55. The first-order chi connectivity index (χ1) is 8.16. The third-order valence-electron chi connectivity index (χ3n) is 3.01. The zero-order chi connectivity index (χ0) is 12.0. The number of nitrogens with two attached hydrogens (primary N) is 1. The van der Waals surface area contributed by atoms with Crippen molar-refractivity contribution in [2.24, 2.45) is 0 Å². The molecule has 1 heterocycles. The summed E-state index contributed by atoms with van der Waals surface area (Å²) in [6, 6.07) is 6.02. The maximum atomic E-state index is 6.21. The van der Waals surface area contributed by atoms with Crippen LogP contribution in [0.2, 0.25) is 5.02 Å². The lowest BCUT2D eigenvalue weighted by molar-refractivity contribution is 0.717. The van der Waals surface area contributed by atoms with Crippen LogP contribution in [-0.2, 0) is 0 Å². The van der Waals surface area contributed by atoms with Gasteiger partial charge in [-0.1, -0.05) is 11.6 Å². The molecule has 1 saturated carbocycles. The third-order valence-corrected chi connectivity index (χ3v) is 3.33. The summed E-state index contributed by atoms with van der Waals surface area (Å²) in [5.74, 6) is 1.78. The summed E-state index contributed by atoms with van der Waals surface area (Å²) in [6.45, 7) is 1.97. The second-order valence-electron chi connectivity index (χ2n) is 4.41. The van der Waals surface area contributed by atoms with Gasteiger partial charge in [-0.05, 0) is 38.0 Å². The van der Waals surface area contributed by atoms with Crippen molar-refractivity contribution in [2.45, 2.75) is 25.8 Å². The molecule has 0 atom stereocenters. The van der Waals surface area contributed by atoms with Gasteiger partial charge in [-0.3, -0.25) is 0 Å². The Labute approximate surface area is 104 Å². The Kier molecular flexibility index (Phi) is 2.33. The zero-order valence-electron chi connectivity index (χ0n) is 9.52. The van der Waals surface area contributed by atoms with Gasteiger partial charge in [-0.2, -0.15) is 0 Å². The molecular weight excluding hydrogens is 236 g/mol. The second-order valence-corrected chi connectivity index (χ2v) is 4.82. The number of hydrogen-bond acceptors (Lipinski definition) is 3. The molecule has 1 aromatic heterocycles. The van der Waals surface area contributed by atoms with Gasteiger partial charge >= 0.3 is 0 Å². The lowest BCUT2D eigenvalue weighted by Gasteiger charge is -2.08. The highest BCUT2D eigenvalue weighted by Crippen LogP contribution is 2.40. The van der Waals surface area contributed by atoms with Crippen molar-refractivity contribution in [3.05, 3.63) is 29.0 Å². The van der Waals surface area contributed by atoms with Gasteiger partial charge in [0, 0.05) is 17.3 Å². The van der Waals surface area contributed by atoms with Gasteiger partial charge < -0.3 is 10.3 Å². The number of hydrogen-bond donors (Lipinski definition) is 1. The summed E-state index contributed by atoms with van der Waals surface area (Å²) in [5.41, 5.74) is 7.25. The SMILES string of the molecule is Cc1nnc(-c2ccc(N)cc2Cl)n1C1CC1. The van der Waals surface area contributed by atoms with Crippen molar-refractivity contribution in [1.29, 1.82) is 0 Å². The Morgan fingerprint density at radius 2 is 2.12 bits per heavy atom. The number of anilines is 1. The normalized spacial score (nSPS) is 15.2. The molecule has 3 rings (SSSR count). The highest BCUT2D eigenvalue weighted by atomic mass is 35.5. The molecule has 1 aromatic carbocycles. The smallest absolute Gasteiger partial charge is 0.165 e. The first kappa shape index (κ1) is 10.6. The van der Waals surface area contributed by atoms with E-state index in [-0.39, 0.29) is 0 Å². The van der Waals surface area contributed by atoms with E-state index < -0.39 is 0 Å². The van der Waals surface area contributed by atoms with Gasteiger partial charge in [0.1, 0.15) is 5.82 Å². The van der Waals surface area contributed by atoms with E-state index in [1.54, 1.807) is 6.07 Å². The van der Waals surface area contributed by atoms with Crippen LogP contribution in [0.5, 0.6) is 0 Å². The van der Waals surface area contributed by atoms with Crippen LogP contribution in [0.25, 0.3) is 11.4 Å². The molecule has 0 saturated heterocycles. The van der Waals surface area contributed by atoms with Gasteiger partial charge in [0.25, 0.3) is 0 Å². The molecule has 17 heavy (non-hydrogen) atoms. The molecule has 2 N–H and O–H groups in total. The van der Waals surface area contributed by atoms with E-state index >= 15 is 0 Å². The number of halogens is 1. The van der Waals surface area contributed by atoms with Crippen molar-refractivity contribution >= 4 is 17.3 Å². The van der Waals surface area contributed by atoms with Crippen LogP contribution < -0.4 is 5.73 Å². The quantitative estimate of drug-likeness (QED) is 0.832. The number of benzene rings is 1. The van der Waals surface area contributed by atoms with E-state index in [2.05, 4.69) is 14.8 Å². The fourth-order valence-corrected chi connectivity index (χ4v) is 2.31. The minimum atomic E-state index is 0.536. The van der Waals surface area contributed by atoms with E-state index in [0.717, 1.165) is 17.2 Å². The van der Waals surface area contributed by atoms with Crippen LogP contribution in [0.3, 0.4) is 0 Å². The summed E-state index contributed by atoms with van der Waals surface area (Å²) in [5, 5.41) is 8.99. The summed E-state index contributed by atoms with van der Waals surface area (Å²) >= 11 is 6.21. The first-order valence-electron chi connectivity index (χ1n) is 5.63. The zero-order valence-corrected chi connectivity index (χ0v) is 10.3. The van der Waals surface area contributed by atoms with Gasteiger partial charge in [-0.15, -0.1) is 10.2 Å². The fraction of sp³-hybridized carbons (Fsp3) is 0.333. The molecule has 0 unspecified atom stereocenters. The van der Waals surface area contributed by atoms with Crippen LogP contribution in [0.1, 0.15) is 24.7 Å². The average molecular weight is 249 g/mol. The maximum Gasteiger partial charge on any atom is 0.165 e. The molecule has 2 aromatic rings. The predicted octanol–water partition coefficient (Wildman–Crippen LogP) is 2.82. The van der Waals surface area contributed by atoms with Crippen molar-refractivity contribution in [1.82, 2.24) is 14.8 Å². The molecule has 1 fully saturated rings. The molecule has 5 heteroatoms. The Morgan fingerprint density at radius 1 is 1.35 bits per heavy atom. The summed E-state index contributed by atoms with van der Waals surface area (Å²) in [4.78, 5) is 0. The van der Waals surface area contributed by atoms with Crippen LogP contribution in [0.4, 0.5) is 5.69 Å². The molecule has 1 aliphatic rings. The van der Waals surface area contributed by atoms with E-state index in [0.29, 0.717) is 16.8 Å². The minimum Gasteiger partial charge on any atom is -0.399 e. The molecule has 0 amide bonds. The maximum absolute atomic E-state index is 6.21. The van der Waals surface area contributed by atoms with Gasteiger partial charge in [0.2, 0.25) is 0 Å². The Morgan fingerprint density at radius 3 is 2.76 bits per heavy atom. The Bertz CT molecular complexity index is 572. The first-order valence-corrected chi connectivity index (χ1v) is 6.01. The average Bonchev–Trinajstić information content (AvgIpc) is 3.03. The van der Waals surface area contributed by atoms with E-state index in [1.807, 2.05) is 19.1 Å². The highest BCUT2D eigenvalue weighted by Gasteiger charge is 2.29. The largest absolute Gasteiger partial charge is 0.399 e. The fourth-order valence-electron chi connectivity index (χ4n) is 2.04. The summed E-state index contributed by atoms with van der Waals surface area (Å²) in [7, 11) is 0. The van der Waals surface area contributed by atoms with E-state index in [1.165, 1.54) is 12.8 Å². The second kappa shape index (κ2) is 3.74. The molecule has 0 aliphatic heterocycles. The van der Waals surface area contributed by atoms with Crippen LogP contribution in [0.15, 0.2) is 18.2 Å². The van der Waals surface area contributed by atoms with Gasteiger partial charge in [-0.25, -0.2) is 0 Å². The standard InChI is InChI=1S/C12H13ClN4/c1-7-15-16-12(17(7)9-3-4-9)10-5-2-8(14)6-11(10)13/h2,5-6,9H,3-4,14H2,1H3. The molecule has 0 radical (unpaired) electrons. The van der Waals surface area contributed by atoms with Crippen molar-refractivity contribution in [2.75, 3.05) is 5.73 Å². The molecule has 4 nitrogen and oxygen atoms in total. The lowest BCUT2D eigenvalue weighted by atomic mass is 10.2. The van der Waals surface area contributed by atoms with Gasteiger partial charge in [0.15, 0.2) is 5.82 Å². The van der Waals surface area contributed by atoms with Crippen molar-refractivity contribution < 1.29 is 0 Å². The summed E-state index contributed by atoms with van der Waals surface area (Å²) < 4.78 is 2.16. The number of nitrogens with zero attached hydrogens (tertiary/aromatic N) is 3. The number of aromatic nitrogens is 3. The molecule has 0 bridgehead atoms. The minimum absolute atomic E-state index is 0.536. The molecule has 88 valence electrons. The predicted molar refractivity (Wildman–Crippen MR) is 67.9 cm³/mol. The van der Waals surface area contributed by atoms with E-state index in [4.69, 9.17) is 17.3 Å². The van der Waals surface area contributed by atoms with Crippen LogP contribution >= 0.6 is 11.6 Å². The van der Waals surface area contributed by atoms with Gasteiger partial charge in [0.05, 0.1) is 5.02 Å². The molecular formula is C12H13ClN4. The van der Waals surface area contributed by atoms with Crippen LogP contribution in [-0.4, -0.2) is 14.8 Å². The third kappa shape index (κ3) is 1.78. The molecule has 0 spiro atoms. The topological polar surface area (TPSA) is 56.7 Å². The highest BCUT2D eigenvalue weighted by molar-refractivity contribution is 6.33. The monoisotopic (exact) mass is 248 g/mol. The lowest BCUT2D eigenvalue weighted by Crippen LogP contribution is -2.00.